The number of ether oxygens (including phenoxy) is 1. The molecule has 0 saturated heterocycles. The lowest BCUT2D eigenvalue weighted by molar-refractivity contribution is 0.0521. The molecule has 0 aliphatic rings. The average Bonchev–Trinajstić information content (AvgIpc) is 2.28. The van der Waals surface area contributed by atoms with E-state index in [9.17, 15) is 4.79 Å². The summed E-state index contributed by atoms with van der Waals surface area (Å²) < 4.78 is 5.27. The standard InChI is InChI=1S/C17H36N2O2/c1-8-9-10-14(18-12-11-16(2,3)4)13-19-15(20)21-17(5,6)7/h14,18H,8-13H2,1-7H3,(H,19,20). The normalized spacial score (nSPS) is 13.9. The van der Waals surface area contributed by atoms with Crippen LogP contribution in [0, 0.1) is 5.41 Å². The monoisotopic (exact) mass is 300 g/mol. The first kappa shape index (κ1) is 20.2. The maximum Gasteiger partial charge on any atom is 0.407 e. The van der Waals surface area contributed by atoms with Gasteiger partial charge < -0.3 is 15.4 Å². The van der Waals surface area contributed by atoms with Gasteiger partial charge in [0, 0.05) is 12.6 Å². The maximum absolute atomic E-state index is 11.7. The van der Waals surface area contributed by atoms with Gasteiger partial charge >= 0.3 is 6.09 Å². The molecule has 1 unspecified atom stereocenters. The van der Waals surface area contributed by atoms with Crippen molar-refractivity contribution in [2.24, 2.45) is 5.41 Å². The van der Waals surface area contributed by atoms with Crippen LogP contribution in [0.1, 0.15) is 74.1 Å². The SMILES string of the molecule is CCCCC(CNC(=O)OC(C)(C)C)NCCC(C)(C)C. The number of amides is 1. The third-order valence-electron chi connectivity index (χ3n) is 3.11. The van der Waals surface area contributed by atoms with E-state index in [0.29, 0.717) is 18.0 Å². The van der Waals surface area contributed by atoms with Gasteiger partial charge in [0.25, 0.3) is 0 Å². The van der Waals surface area contributed by atoms with Gasteiger partial charge in [-0.15, -0.1) is 0 Å². The summed E-state index contributed by atoms with van der Waals surface area (Å²) in [6.07, 6.45) is 4.22. The van der Waals surface area contributed by atoms with Gasteiger partial charge in [-0.25, -0.2) is 4.79 Å². The lowest BCUT2D eigenvalue weighted by Gasteiger charge is -2.24. The number of hydrogen-bond donors (Lipinski definition) is 2. The van der Waals surface area contributed by atoms with Crippen molar-refractivity contribution in [3.05, 3.63) is 0 Å². The molecule has 0 aromatic heterocycles. The van der Waals surface area contributed by atoms with Crippen LogP contribution in [0.3, 0.4) is 0 Å². The lowest BCUT2D eigenvalue weighted by Crippen LogP contribution is -2.43. The van der Waals surface area contributed by atoms with Crippen LogP contribution < -0.4 is 10.6 Å². The van der Waals surface area contributed by atoms with Gasteiger partial charge in [-0.05, 0) is 45.6 Å². The Balaban J connectivity index is 4.14. The second-order valence-corrected chi connectivity index (χ2v) is 7.99. The number of unbranched alkanes of at least 4 members (excludes halogenated alkanes) is 1. The molecule has 1 amide bonds. The molecular weight excluding hydrogens is 264 g/mol. The van der Waals surface area contributed by atoms with E-state index in [1.807, 2.05) is 20.8 Å². The predicted octanol–water partition coefficient (Wildman–Crippen LogP) is 4.10. The Labute approximate surface area is 131 Å². The fraction of sp³-hybridized carbons (Fsp3) is 0.941. The molecule has 0 rings (SSSR count). The molecule has 0 spiro atoms. The van der Waals surface area contributed by atoms with Crippen LogP contribution >= 0.6 is 0 Å². The van der Waals surface area contributed by atoms with Crippen LogP contribution in [0.25, 0.3) is 0 Å². The van der Waals surface area contributed by atoms with E-state index in [-0.39, 0.29) is 6.09 Å². The number of carbonyl (C=O) groups is 1. The molecule has 0 aromatic carbocycles. The summed E-state index contributed by atoms with van der Waals surface area (Å²) in [6.45, 7) is 16.2. The van der Waals surface area contributed by atoms with E-state index in [4.69, 9.17) is 4.74 Å². The maximum atomic E-state index is 11.7. The van der Waals surface area contributed by atoms with Crippen molar-refractivity contribution < 1.29 is 9.53 Å². The number of hydrogen-bond acceptors (Lipinski definition) is 3. The molecule has 1 atom stereocenters. The topological polar surface area (TPSA) is 50.4 Å². The first-order valence-electron chi connectivity index (χ1n) is 8.24. The zero-order chi connectivity index (χ0) is 16.5. The summed E-state index contributed by atoms with van der Waals surface area (Å²) in [5, 5.41) is 6.43. The third-order valence-corrected chi connectivity index (χ3v) is 3.11. The van der Waals surface area contributed by atoms with Crippen LogP contribution in [0.4, 0.5) is 4.79 Å². The van der Waals surface area contributed by atoms with E-state index < -0.39 is 5.60 Å². The fourth-order valence-electron chi connectivity index (χ4n) is 1.90. The van der Waals surface area contributed by atoms with Gasteiger partial charge in [0.15, 0.2) is 0 Å². The zero-order valence-electron chi connectivity index (χ0n) is 15.1. The Hall–Kier alpha value is -0.770. The Morgan fingerprint density at radius 1 is 1.14 bits per heavy atom. The van der Waals surface area contributed by atoms with Crippen molar-refractivity contribution >= 4 is 6.09 Å². The van der Waals surface area contributed by atoms with E-state index >= 15 is 0 Å². The van der Waals surface area contributed by atoms with Crippen LogP contribution in [0.5, 0.6) is 0 Å². The highest BCUT2D eigenvalue weighted by molar-refractivity contribution is 5.67. The minimum absolute atomic E-state index is 0.319. The predicted molar refractivity (Wildman–Crippen MR) is 89.6 cm³/mol. The summed E-state index contributed by atoms with van der Waals surface area (Å²) >= 11 is 0. The number of rotatable bonds is 8. The molecule has 0 aliphatic carbocycles. The summed E-state index contributed by atoms with van der Waals surface area (Å²) in [5.74, 6) is 0. The summed E-state index contributed by atoms with van der Waals surface area (Å²) in [6, 6.07) is 0.319. The second kappa shape index (κ2) is 9.29. The molecule has 0 heterocycles. The van der Waals surface area contributed by atoms with Crippen LogP contribution in [-0.4, -0.2) is 30.8 Å². The Bertz CT molecular complexity index is 290. The van der Waals surface area contributed by atoms with E-state index in [1.54, 1.807) is 0 Å². The van der Waals surface area contributed by atoms with Gasteiger partial charge in [-0.1, -0.05) is 40.5 Å². The quantitative estimate of drug-likeness (QED) is 0.709. The van der Waals surface area contributed by atoms with Crippen molar-refractivity contribution in [2.45, 2.75) is 85.8 Å². The number of carbonyl (C=O) groups excluding carboxylic acids is 1. The van der Waals surface area contributed by atoms with Crippen molar-refractivity contribution in [1.82, 2.24) is 10.6 Å². The molecule has 21 heavy (non-hydrogen) atoms. The summed E-state index contributed by atoms with van der Waals surface area (Å²) in [7, 11) is 0. The lowest BCUT2D eigenvalue weighted by atomic mass is 9.92. The molecule has 4 nitrogen and oxygen atoms in total. The summed E-state index contributed by atoms with van der Waals surface area (Å²) in [4.78, 5) is 11.7. The van der Waals surface area contributed by atoms with E-state index in [0.717, 1.165) is 19.4 Å². The van der Waals surface area contributed by atoms with Crippen molar-refractivity contribution in [1.29, 1.82) is 0 Å². The molecule has 0 saturated carbocycles. The smallest absolute Gasteiger partial charge is 0.407 e. The third kappa shape index (κ3) is 13.9. The Morgan fingerprint density at radius 3 is 2.24 bits per heavy atom. The molecule has 2 N–H and O–H groups in total. The minimum atomic E-state index is -0.442. The van der Waals surface area contributed by atoms with Gasteiger partial charge in [-0.3, -0.25) is 0 Å². The van der Waals surface area contributed by atoms with Crippen molar-refractivity contribution in [3.8, 4) is 0 Å². The number of nitrogens with one attached hydrogen (secondary N) is 2. The van der Waals surface area contributed by atoms with Gasteiger partial charge in [0.2, 0.25) is 0 Å². The molecular formula is C17H36N2O2. The molecule has 0 fully saturated rings. The first-order valence-corrected chi connectivity index (χ1v) is 8.24. The van der Waals surface area contributed by atoms with Gasteiger partial charge in [-0.2, -0.15) is 0 Å². The van der Waals surface area contributed by atoms with Gasteiger partial charge in [0.1, 0.15) is 5.60 Å². The van der Waals surface area contributed by atoms with Crippen LogP contribution in [-0.2, 0) is 4.74 Å². The minimum Gasteiger partial charge on any atom is -0.444 e. The number of alkyl carbamates (subject to hydrolysis) is 1. The van der Waals surface area contributed by atoms with E-state index in [1.165, 1.54) is 12.8 Å². The molecule has 0 radical (unpaired) electrons. The highest BCUT2D eigenvalue weighted by Crippen LogP contribution is 2.17. The van der Waals surface area contributed by atoms with Crippen LogP contribution in [0.15, 0.2) is 0 Å². The van der Waals surface area contributed by atoms with Crippen molar-refractivity contribution in [2.75, 3.05) is 13.1 Å². The molecule has 0 bridgehead atoms. The highest BCUT2D eigenvalue weighted by Gasteiger charge is 2.17. The molecule has 4 heteroatoms. The van der Waals surface area contributed by atoms with E-state index in [2.05, 4.69) is 38.3 Å². The average molecular weight is 300 g/mol. The highest BCUT2D eigenvalue weighted by atomic mass is 16.6. The molecule has 126 valence electrons. The Morgan fingerprint density at radius 2 is 1.76 bits per heavy atom. The first-order chi connectivity index (χ1) is 9.53. The largest absolute Gasteiger partial charge is 0.444 e. The molecule has 0 aromatic rings. The van der Waals surface area contributed by atoms with Crippen LogP contribution in [0.2, 0.25) is 0 Å². The molecule has 0 aliphatic heterocycles. The zero-order valence-corrected chi connectivity index (χ0v) is 15.1. The summed E-state index contributed by atoms with van der Waals surface area (Å²) in [5.41, 5.74) is -0.108. The van der Waals surface area contributed by atoms with Gasteiger partial charge in [0.05, 0.1) is 0 Å². The Kier molecular flexibility index (Phi) is 8.95. The second-order valence-electron chi connectivity index (χ2n) is 7.99. The van der Waals surface area contributed by atoms with Crippen molar-refractivity contribution in [3.63, 3.8) is 0 Å². The fourth-order valence-corrected chi connectivity index (χ4v) is 1.90.